The van der Waals surface area contributed by atoms with Gasteiger partial charge in [-0.1, -0.05) is 11.8 Å². The summed E-state index contributed by atoms with van der Waals surface area (Å²) in [5, 5.41) is 12.2. The third-order valence-electron chi connectivity index (χ3n) is 3.97. The molecule has 9 heteroatoms. The summed E-state index contributed by atoms with van der Waals surface area (Å²) in [6, 6.07) is 0. The summed E-state index contributed by atoms with van der Waals surface area (Å²) in [5.41, 5.74) is 7.00. The van der Waals surface area contributed by atoms with Gasteiger partial charge in [-0.3, -0.25) is 9.59 Å². The maximum absolute atomic E-state index is 12.3. The Kier molecular flexibility index (Phi) is 4.91. The predicted octanol–water partition coefficient (Wildman–Crippen LogP) is 1.99. The van der Waals surface area contributed by atoms with Crippen LogP contribution in [0.25, 0.3) is 0 Å². The summed E-state index contributed by atoms with van der Waals surface area (Å²) in [7, 11) is 0. The first-order valence-corrected chi connectivity index (χ1v) is 9.58. The summed E-state index contributed by atoms with van der Waals surface area (Å²) in [4.78, 5) is 25.2. The van der Waals surface area contributed by atoms with Crippen LogP contribution in [0.2, 0.25) is 0 Å². The van der Waals surface area contributed by atoms with Gasteiger partial charge in [0.05, 0.1) is 11.3 Å². The Morgan fingerprint density at radius 2 is 2.17 bits per heavy atom. The zero-order valence-electron chi connectivity index (χ0n) is 13.6. The van der Waals surface area contributed by atoms with Crippen molar-refractivity contribution in [2.45, 2.75) is 44.8 Å². The van der Waals surface area contributed by atoms with Crippen molar-refractivity contribution in [1.29, 1.82) is 0 Å². The van der Waals surface area contributed by atoms with Crippen molar-refractivity contribution in [2.24, 2.45) is 5.73 Å². The van der Waals surface area contributed by atoms with E-state index in [1.54, 1.807) is 0 Å². The summed E-state index contributed by atoms with van der Waals surface area (Å²) in [6.07, 6.45) is 2.84. The van der Waals surface area contributed by atoms with Gasteiger partial charge in [0.2, 0.25) is 5.91 Å². The normalized spacial score (nSPS) is 13.1. The molecule has 0 saturated carbocycles. The average molecular weight is 365 g/mol. The molecule has 0 bridgehead atoms. The van der Waals surface area contributed by atoms with Crippen LogP contribution in [0, 0.1) is 6.92 Å². The van der Waals surface area contributed by atoms with Gasteiger partial charge in [-0.25, -0.2) is 0 Å². The molecule has 0 radical (unpaired) electrons. The lowest BCUT2D eigenvalue weighted by Gasteiger charge is -2.07. The van der Waals surface area contributed by atoms with Crippen molar-refractivity contribution in [2.75, 3.05) is 11.1 Å². The highest BCUT2D eigenvalue weighted by atomic mass is 32.2. The van der Waals surface area contributed by atoms with Crippen molar-refractivity contribution < 1.29 is 9.59 Å². The number of aryl methyl sites for hydroxylation is 2. The molecule has 2 amide bonds. The molecule has 128 valence electrons. The van der Waals surface area contributed by atoms with Crippen LogP contribution >= 0.6 is 23.1 Å². The number of nitrogens with one attached hydrogen (secondary N) is 1. The first kappa shape index (κ1) is 17.0. The van der Waals surface area contributed by atoms with E-state index in [2.05, 4.69) is 15.5 Å². The lowest BCUT2D eigenvalue weighted by Crippen LogP contribution is -2.19. The number of primary amides is 1. The number of nitrogens with two attached hydrogens (primary N) is 1. The molecule has 0 fully saturated rings. The molecule has 0 spiro atoms. The van der Waals surface area contributed by atoms with Crippen LogP contribution < -0.4 is 11.1 Å². The van der Waals surface area contributed by atoms with Crippen LogP contribution in [-0.4, -0.2) is 32.3 Å². The number of carbonyl (C=O) groups is 2. The smallest absolute Gasteiger partial charge is 0.251 e. The molecule has 0 unspecified atom stereocenters. The first-order chi connectivity index (χ1) is 11.5. The molecule has 3 N–H and O–H groups in total. The van der Waals surface area contributed by atoms with Crippen LogP contribution in [0.15, 0.2) is 5.16 Å². The van der Waals surface area contributed by atoms with Gasteiger partial charge in [-0.2, -0.15) is 0 Å². The Morgan fingerprint density at radius 1 is 1.38 bits per heavy atom. The molecule has 0 saturated heterocycles. The molecule has 24 heavy (non-hydrogen) atoms. The standard InChI is InChI=1S/C15H19N5O2S2/c1-3-20-8(2)18-19-15(20)23-7-11(21)17-14-12(13(16)22)9-5-4-6-10(9)24-14/h3-7H2,1-2H3,(H2,16,22)(H,17,21). The molecule has 2 aromatic heterocycles. The zero-order chi connectivity index (χ0) is 17.3. The van der Waals surface area contributed by atoms with E-state index < -0.39 is 5.91 Å². The van der Waals surface area contributed by atoms with Gasteiger partial charge in [-0.15, -0.1) is 21.5 Å². The van der Waals surface area contributed by atoms with E-state index in [1.807, 2.05) is 18.4 Å². The predicted molar refractivity (Wildman–Crippen MR) is 94.6 cm³/mol. The minimum Gasteiger partial charge on any atom is -0.365 e. The Balaban J connectivity index is 1.68. The van der Waals surface area contributed by atoms with Gasteiger partial charge in [0.25, 0.3) is 5.91 Å². The van der Waals surface area contributed by atoms with E-state index in [0.717, 1.165) is 42.1 Å². The van der Waals surface area contributed by atoms with E-state index in [-0.39, 0.29) is 11.7 Å². The third-order valence-corrected chi connectivity index (χ3v) is 6.15. The quantitative estimate of drug-likeness (QED) is 0.762. The van der Waals surface area contributed by atoms with Crippen molar-refractivity contribution >= 4 is 39.9 Å². The van der Waals surface area contributed by atoms with Crippen LogP contribution in [0.4, 0.5) is 5.00 Å². The van der Waals surface area contributed by atoms with Gasteiger partial charge >= 0.3 is 0 Å². The topological polar surface area (TPSA) is 103 Å². The number of rotatable bonds is 6. The number of aromatic nitrogens is 3. The van der Waals surface area contributed by atoms with Crippen LogP contribution in [-0.2, 0) is 24.2 Å². The number of amides is 2. The monoisotopic (exact) mass is 365 g/mol. The summed E-state index contributed by atoms with van der Waals surface area (Å²) >= 11 is 2.79. The second kappa shape index (κ2) is 6.94. The van der Waals surface area contributed by atoms with E-state index in [9.17, 15) is 9.59 Å². The fourth-order valence-electron chi connectivity index (χ4n) is 2.88. The van der Waals surface area contributed by atoms with Gasteiger partial charge in [-0.05, 0) is 38.7 Å². The molecule has 3 rings (SSSR count). The maximum atomic E-state index is 12.3. The fraction of sp³-hybridized carbons (Fsp3) is 0.467. The largest absolute Gasteiger partial charge is 0.365 e. The summed E-state index contributed by atoms with van der Waals surface area (Å²) < 4.78 is 1.95. The highest BCUT2D eigenvalue weighted by Gasteiger charge is 2.26. The molecule has 2 heterocycles. The molecule has 0 atom stereocenters. The van der Waals surface area contributed by atoms with Crippen molar-refractivity contribution in [3.63, 3.8) is 0 Å². The molecule has 1 aliphatic rings. The lowest BCUT2D eigenvalue weighted by molar-refractivity contribution is -0.113. The minimum atomic E-state index is -0.473. The molecule has 0 aromatic carbocycles. The number of thiophene rings is 1. The number of carbonyl (C=O) groups excluding carboxylic acids is 2. The number of anilines is 1. The Morgan fingerprint density at radius 3 is 2.88 bits per heavy atom. The zero-order valence-corrected chi connectivity index (χ0v) is 15.2. The van der Waals surface area contributed by atoms with Crippen molar-refractivity contribution in [1.82, 2.24) is 14.8 Å². The number of fused-ring (bicyclic) bond motifs is 1. The van der Waals surface area contributed by atoms with Crippen LogP contribution in [0.3, 0.4) is 0 Å². The Labute approximate surface area is 148 Å². The first-order valence-electron chi connectivity index (χ1n) is 7.78. The number of thioether (sulfide) groups is 1. The van der Waals surface area contributed by atoms with Gasteiger partial charge < -0.3 is 15.6 Å². The fourth-order valence-corrected chi connectivity index (χ4v) is 5.04. The maximum Gasteiger partial charge on any atom is 0.251 e. The summed E-state index contributed by atoms with van der Waals surface area (Å²) in [6.45, 7) is 4.64. The van der Waals surface area contributed by atoms with E-state index >= 15 is 0 Å². The average Bonchev–Trinajstić information content (AvgIpc) is 3.18. The number of hydrogen-bond donors (Lipinski definition) is 2. The van der Waals surface area contributed by atoms with Crippen molar-refractivity contribution in [3.05, 3.63) is 21.8 Å². The molecular weight excluding hydrogens is 346 g/mol. The van der Waals surface area contributed by atoms with Crippen molar-refractivity contribution in [3.8, 4) is 0 Å². The second-order valence-electron chi connectivity index (χ2n) is 5.54. The van der Waals surface area contributed by atoms with E-state index in [4.69, 9.17) is 5.73 Å². The second-order valence-corrected chi connectivity index (χ2v) is 7.58. The number of nitrogens with zero attached hydrogens (tertiary/aromatic N) is 3. The molecule has 2 aromatic rings. The Bertz CT molecular complexity index is 796. The van der Waals surface area contributed by atoms with E-state index in [1.165, 1.54) is 23.1 Å². The van der Waals surface area contributed by atoms with Crippen LogP contribution in [0.1, 0.15) is 40.0 Å². The van der Waals surface area contributed by atoms with E-state index in [0.29, 0.717) is 15.7 Å². The van der Waals surface area contributed by atoms with Crippen LogP contribution in [0.5, 0.6) is 0 Å². The van der Waals surface area contributed by atoms with Gasteiger partial charge in [0, 0.05) is 11.4 Å². The highest BCUT2D eigenvalue weighted by molar-refractivity contribution is 7.99. The SMILES string of the molecule is CCn1c(C)nnc1SCC(=O)Nc1sc2c(c1C(N)=O)CCC2. The minimum absolute atomic E-state index is 0.175. The molecule has 1 aliphatic carbocycles. The van der Waals surface area contributed by atoms with Gasteiger partial charge in [0.1, 0.15) is 10.8 Å². The third kappa shape index (κ3) is 3.18. The van der Waals surface area contributed by atoms with Gasteiger partial charge in [0.15, 0.2) is 5.16 Å². The lowest BCUT2D eigenvalue weighted by atomic mass is 10.1. The molecular formula is C15H19N5O2S2. The summed E-state index contributed by atoms with van der Waals surface area (Å²) in [5.74, 6) is 0.384. The Hall–Kier alpha value is -1.87. The molecule has 0 aliphatic heterocycles. The number of hydrogen-bond acceptors (Lipinski definition) is 6. The molecule has 7 nitrogen and oxygen atoms in total. The highest BCUT2D eigenvalue weighted by Crippen LogP contribution is 2.38.